The SMILES string of the molecule is CC(=O)OC[C@]1(C)CC[C@]2(C)CC[C@]3(C)[C@@H]4CC[C@@]5(C)[C@H](CC[C@H](O)[C@@H]5C)[C@]4(C)CC[C@]3(C)[C@H]2C1. The van der Waals surface area contributed by atoms with Crippen molar-refractivity contribution in [1.29, 1.82) is 0 Å². The molecule has 5 rings (SSSR count). The second-order valence-electron chi connectivity index (χ2n) is 15.9. The van der Waals surface area contributed by atoms with Crippen LogP contribution in [-0.4, -0.2) is 23.8 Å². The van der Waals surface area contributed by atoms with Gasteiger partial charge in [0.25, 0.3) is 0 Å². The van der Waals surface area contributed by atoms with Crippen molar-refractivity contribution in [3.05, 3.63) is 0 Å². The molecule has 0 aliphatic heterocycles. The summed E-state index contributed by atoms with van der Waals surface area (Å²) in [6.45, 7) is 20.1. The Kier molecular flexibility index (Phi) is 5.93. The third kappa shape index (κ3) is 3.48. The highest BCUT2D eigenvalue weighted by atomic mass is 16.5. The van der Waals surface area contributed by atoms with Crippen LogP contribution >= 0.6 is 0 Å². The van der Waals surface area contributed by atoms with Crippen molar-refractivity contribution in [3.8, 4) is 0 Å². The van der Waals surface area contributed by atoms with Gasteiger partial charge in [-0.25, -0.2) is 0 Å². The Balaban J connectivity index is 1.49. The fraction of sp³-hybridized carbons (Fsp3) is 0.969. The van der Waals surface area contributed by atoms with Crippen molar-refractivity contribution in [3.63, 3.8) is 0 Å². The second kappa shape index (κ2) is 7.97. The number of carbonyl (C=O) groups excluding carboxylic acids is 1. The minimum atomic E-state index is -0.134. The van der Waals surface area contributed by atoms with Gasteiger partial charge in [-0.3, -0.25) is 4.79 Å². The Morgan fingerprint density at radius 1 is 0.771 bits per heavy atom. The number of carbonyl (C=O) groups is 1. The van der Waals surface area contributed by atoms with Crippen LogP contribution in [0.2, 0.25) is 0 Å². The van der Waals surface area contributed by atoms with Crippen molar-refractivity contribution in [2.24, 2.45) is 56.2 Å². The maximum Gasteiger partial charge on any atom is 0.302 e. The van der Waals surface area contributed by atoms with E-state index in [2.05, 4.69) is 48.5 Å². The lowest BCUT2D eigenvalue weighted by Gasteiger charge is -2.75. The quantitative estimate of drug-likeness (QED) is 0.405. The first-order chi connectivity index (χ1) is 16.1. The molecule has 200 valence electrons. The van der Waals surface area contributed by atoms with E-state index in [1.165, 1.54) is 64.2 Å². The van der Waals surface area contributed by atoms with Gasteiger partial charge in [-0.1, -0.05) is 48.5 Å². The van der Waals surface area contributed by atoms with Crippen LogP contribution in [0.5, 0.6) is 0 Å². The molecule has 0 saturated heterocycles. The molecule has 11 atom stereocenters. The van der Waals surface area contributed by atoms with E-state index in [0.29, 0.717) is 40.1 Å². The van der Waals surface area contributed by atoms with Crippen LogP contribution in [0.4, 0.5) is 0 Å². The molecule has 0 heterocycles. The summed E-state index contributed by atoms with van der Waals surface area (Å²) in [4.78, 5) is 11.7. The van der Waals surface area contributed by atoms with Crippen molar-refractivity contribution in [1.82, 2.24) is 0 Å². The molecule has 0 bridgehead atoms. The maximum atomic E-state index is 11.7. The largest absolute Gasteiger partial charge is 0.465 e. The lowest BCUT2D eigenvalue weighted by molar-refractivity contribution is -0.264. The summed E-state index contributed by atoms with van der Waals surface area (Å²) in [6, 6.07) is 0. The first-order valence-corrected chi connectivity index (χ1v) is 15.0. The molecule has 35 heavy (non-hydrogen) atoms. The number of esters is 1. The van der Waals surface area contributed by atoms with Crippen LogP contribution in [0.15, 0.2) is 0 Å². The van der Waals surface area contributed by atoms with Gasteiger partial charge in [-0.15, -0.1) is 0 Å². The maximum absolute atomic E-state index is 11.7. The van der Waals surface area contributed by atoms with Crippen molar-refractivity contribution in [2.75, 3.05) is 6.61 Å². The van der Waals surface area contributed by atoms with Gasteiger partial charge in [0, 0.05) is 12.3 Å². The van der Waals surface area contributed by atoms with Crippen LogP contribution in [-0.2, 0) is 9.53 Å². The number of fused-ring (bicyclic) bond motifs is 7. The first kappa shape index (κ1) is 26.1. The van der Waals surface area contributed by atoms with E-state index < -0.39 is 0 Å². The molecule has 0 aromatic rings. The van der Waals surface area contributed by atoms with Crippen molar-refractivity contribution < 1.29 is 14.6 Å². The molecule has 3 nitrogen and oxygen atoms in total. The predicted molar refractivity (Wildman–Crippen MR) is 142 cm³/mol. The van der Waals surface area contributed by atoms with Crippen molar-refractivity contribution >= 4 is 5.97 Å². The summed E-state index contributed by atoms with van der Waals surface area (Å²) in [5.41, 5.74) is 1.91. The van der Waals surface area contributed by atoms with Gasteiger partial charge in [-0.2, -0.15) is 0 Å². The number of aliphatic hydroxyl groups is 1. The lowest BCUT2D eigenvalue weighted by Crippen LogP contribution is -2.68. The summed E-state index contributed by atoms with van der Waals surface area (Å²) < 4.78 is 5.62. The molecule has 5 saturated carbocycles. The van der Waals surface area contributed by atoms with Crippen LogP contribution in [0, 0.1) is 56.2 Å². The van der Waals surface area contributed by atoms with E-state index in [0.717, 1.165) is 18.3 Å². The number of hydrogen-bond donors (Lipinski definition) is 1. The van der Waals surface area contributed by atoms with Gasteiger partial charge in [0.05, 0.1) is 12.7 Å². The zero-order valence-electron chi connectivity index (χ0n) is 24.1. The van der Waals surface area contributed by atoms with Crippen LogP contribution in [0.3, 0.4) is 0 Å². The standard InChI is InChI=1S/C32H54O3/c1-21-23(34)9-10-24-29(21,5)12-11-25-30(24,6)16-18-32(8)26-19-27(3,20-35-22(2)33)13-14-28(26,4)15-17-31(25,32)7/h21,23-26,34H,9-20H2,1-8H3/t21-,23-,24-,25+,26-,27+,28+,29+,30-,31+,32+/m0/s1. The average Bonchev–Trinajstić information content (AvgIpc) is 2.79. The van der Waals surface area contributed by atoms with E-state index in [1.807, 2.05) is 0 Å². The molecule has 0 amide bonds. The smallest absolute Gasteiger partial charge is 0.302 e. The number of ether oxygens (including phenoxy) is 1. The molecule has 5 aliphatic carbocycles. The minimum absolute atomic E-state index is 0.109. The highest BCUT2D eigenvalue weighted by Gasteiger charge is 2.71. The van der Waals surface area contributed by atoms with Gasteiger partial charge < -0.3 is 9.84 Å². The van der Waals surface area contributed by atoms with E-state index in [-0.39, 0.29) is 22.9 Å². The Hall–Kier alpha value is -0.570. The van der Waals surface area contributed by atoms with Gasteiger partial charge in [0.2, 0.25) is 0 Å². The van der Waals surface area contributed by atoms with E-state index in [1.54, 1.807) is 6.92 Å². The van der Waals surface area contributed by atoms with Crippen molar-refractivity contribution in [2.45, 2.75) is 132 Å². The third-order valence-corrected chi connectivity index (χ3v) is 14.4. The van der Waals surface area contributed by atoms with Gasteiger partial charge in [0.1, 0.15) is 0 Å². The Morgan fingerprint density at radius 3 is 2.09 bits per heavy atom. The summed E-state index contributed by atoms with van der Waals surface area (Å²) in [5, 5.41) is 10.8. The first-order valence-electron chi connectivity index (χ1n) is 15.0. The number of hydrogen-bond acceptors (Lipinski definition) is 3. The molecule has 3 heteroatoms. The molecule has 0 aromatic carbocycles. The summed E-state index contributed by atoms with van der Waals surface area (Å²) in [5.74, 6) is 2.50. The normalized spacial score (nSPS) is 57.8. The highest BCUT2D eigenvalue weighted by Crippen LogP contribution is 2.78. The van der Waals surface area contributed by atoms with Crippen LogP contribution in [0.25, 0.3) is 0 Å². The molecule has 1 N–H and O–H groups in total. The van der Waals surface area contributed by atoms with E-state index in [4.69, 9.17) is 4.74 Å². The zero-order valence-corrected chi connectivity index (χ0v) is 24.1. The molecular weight excluding hydrogens is 432 g/mol. The van der Waals surface area contributed by atoms with Crippen LogP contribution in [0.1, 0.15) is 126 Å². The lowest BCUT2D eigenvalue weighted by atomic mass is 9.30. The Bertz CT molecular complexity index is 869. The van der Waals surface area contributed by atoms with Gasteiger partial charge in [-0.05, 0) is 121 Å². The van der Waals surface area contributed by atoms with Gasteiger partial charge in [0.15, 0.2) is 0 Å². The molecule has 0 unspecified atom stereocenters. The fourth-order valence-electron chi connectivity index (χ4n) is 11.7. The third-order valence-electron chi connectivity index (χ3n) is 14.4. The van der Waals surface area contributed by atoms with Gasteiger partial charge >= 0.3 is 5.97 Å². The topological polar surface area (TPSA) is 46.5 Å². The number of aliphatic hydroxyl groups excluding tert-OH is 1. The molecule has 0 spiro atoms. The Labute approximate surface area is 215 Å². The summed E-state index contributed by atoms with van der Waals surface area (Å²) >= 11 is 0. The average molecular weight is 487 g/mol. The van der Waals surface area contributed by atoms with Crippen LogP contribution < -0.4 is 0 Å². The summed E-state index contributed by atoms with van der Waals surface area (Å²) in [6.07, 6.45) is 13.8. The molecule has 0 aromatic heterocycles. The predicted octanol–water partition coefficient (Wildman–Crippen LogP) is 7.79. The zero-order chi connectivity index (χ0) is 25.7. The number of rotatable bonds is 2. The molecule has 5 fully saturated rings. The monoisotopic (exact) mass is 486 g/mol. The summed E-state index contributed by atoms with van der Waals surface area (Å²) in [7, 11) is 0. The van der Waals surface area contributed by atoms with E-state index >= 15 is 0 Å². The van der Waals surface area contributed by atoms with E-state index in [9.17, 15) is 9.90 Å². The Morgan fingerprint density at radius 2 is 1.40 bits per heavy atom. The second-order valence-corrected chi connectivity index (χ2v) is 15.9. The molecule has 5 aliphatic rings. The molecular formula is C32H54O3. The minimum Gasteiger partial charge on any atom is -0.465 e. The fourth-order valence-corrected chi connectivity index (χ4v) is 11.7. The highest BCUT2D eigenvalue weighted by molar-refractivity contribution is 5.65. The molecule has 0 radical (unpaired) electrons.